The van der Waals surface area contributed by atoms with E-state index in [9.17, 15) is 28.8 Å². The van der Waals surface area contributed by atoms with Crippen LogP contribution in [0.15, 0.2) is 24.3 Å². The Morgan fingerprint density at radius 2 is 0.292 bits per heavy atom. The predicted octanol–water partition coefficient (Wildman–Crippen LogP) is 27.9. The van der Waals surface area contributed by atoms with Crippen molar-refractivity contribution in [1.82, 2.24) is 0 Å². The van der Waals surface area contributed by atoms with Gasteiger partial charge in [-0.1, -0.05) is 412 Å². The fourth-order valence-corrected chi connectivity index (χ4v) is 11.8. The fraction of sp³-hybridized carbons (Fsp3) is 0.881. The van der Waals surface area contributed by atoms with Crippen LogP contribution < -0.4 is 0 Å². The average molecular weight is 1360 g/mol. The smallest absolute Gasteiger partial charge is 0.327 e. The molecule has 0 rings (SSSR count). The van der Waals surface area contributed by atoms with Gasteiger partial charge >= 0.3 is 35.8 Å². The van der Waals surface area contributed by atoms with Gasteiger partial charge in [0.15, 0.2) is 0 Å². The number of rotatable bonds is 73. The molecule has 0 atom stereocenters. The maximum absolute atomic E-state index is 10.3. The number of hydrogen-bond donors (Lipinski definition) is 6. The Bertz CT molecular complexity index is 1560. The van der Waals surface area contributed by atoms with Crippen LogP contribution in [0.2, 0.25) is 0 Å². The molecular weight excluding hydrogens is 1200 g/mol. The summed E-state index contributed by atoms with van der Waals surface area (Å²) in [5.74, 6) is -4.36. The van der Waals surface area contributed by atoms with E-state index in [0.717, 1.165) is 89.9 Å². The normalized spacial score (nSPS) is 10.9. The van der Waals surface area contributed by atoms with E-state index in [1.807, 2.05) is 0 Å². The number of hydrogen-bond acceptors (Lipinski definition) is 6. The molecule has 0 fully saturated rings. The van der Waals surface area contributed by atoms with Gasteiger partial charge in [0.25, 0.3) is 0 Å². The number of aliphatic carboxylic acids is 6. The molecule has 0 aliphatic heterocycles. The van der Waals surface area contributed by atoms with Crippen LogP contribution in [0.25, 0.3) is 0 Å². The van der Waals surface area contributed by atoms with Crippen LogP contribution in [0, 0.1) is 0 Å². The van der Waals surface area contributed by atoms with Crippen molar-refractivity contribution in [3.8, 4) is 0 Å². The van der Waals surface area contributed by atoms with Gasteiger partial charge in [0.05, 0.1) is 0 Å². The Hall–Kier alpha value is -3.70. The molecule has 0 heterocycles. The molecule has 0 bridgehead atoms. The quantitative estimate of drug-likeness (QED) is 0.0247. The Balaban J connectivity index is -0.000000375. The molecule has 0 radical (unpaired) electrons. The third kappa shape index (κ3) is 121. The van der Waals surface area contributed by atoms with E-state index in [1.54, 1.807) is 12.2 Å². The number of allylic oxidation sites excluding steroid dienone is 2. The first-order valence-corrected chi connectivity index (χ1v) is 41.4. The zero-order valence-corrected chi connectivity index (χ0v) is 63.9. The van der Waals surface area contributed by atoms with Crippen molar-refractivity contribution in [3.63, 3.8) is 0 Å². The molecule has 0 spiro atoms. The topological polar surface area (TPSA) is 224 Å². The lowest BCUT2D eigenvalue weighted by molar-refractivity contribution is -0.138. The maximum Gasteiger partial charge on any atom is 0.327 e. The van der Waals surface area contributed by atoms with E-state index in [-0.39, 0.29) is 0 Å². The van der Waals surface area contributed by atoms with Gasteiger partial charge < -0.3 is 30.6 Å². The minimum absolute atomic E-state index is 0.312. The van der Waals surface area contributed by atoms with Crippen LogP contribution in [0.5, 0.6) is 0 Å². The van der Waals surface area contributed by atoms with Gasteiger partial charge in [-0.3, -0.25) is 19.2 Å². The van der Waals surface area contributed by atoms with Gasteiger partial charge in [-0.2, -0.15) is 0 Å². The van der Waals surface area contributed by atoms with Crippen molar-refractivity contribution in [3.05, 3.63) is 24.3 Å². The zero-order chi connectivity index (χ0) is 71.8. The highest BCUT2D eigenvalue weighted by Gasteiger charge is 2.02. The van der Waals surface area contributed by atoms with Crippen molar-refractivity contribution in [2.24, 2.45) is 0 Å². The molecule has 0 aromatic rings. The third-order valence-corrected chi connectivity index (χ3v) is 18.0. The molecule has 570 valence electrons. The summed E-state index contributed by atoms with van der Waals surface area (Å²) in [7, 11) is 0. The van der Waals surface area contributed by atoms with Gasteiger partial charge in [-0.25, -0.2) is 9.59 Å². The van der Waals surface area contributed by atoms with E-state index in [1.165, 1.54) is 346 Å². The van der Waals surface area contributed by atoms with Gasteiger partial charge in [0, 0.05) is 37.8 Å². The minimum Gasteiger partial charge on any atom is -0.481 e. The molecule has 12 heteroatoms. The van der Waals surface area contributed by atoms with E-state index in [2.05, 4.69) is 27.7 Å². The number of carbonyl (C=O) groups is 6. The number of unbranched alkanes of at least 4 members (excludes halogenated alkanes) is 61. The molecular formula is C84H162O12. The summed E-state index contributed by atoms with van der Waals surface area (Å²) in [5, 5.41) is 50.6. The minimum atomic E-state index is -0.831. The molecule has 0 aliphatic rings. The molecule has 12 nitrogen and oxygen atoms in total. The maximum atomic E-state index is 10.3. The van der Waals surface area contributed by atoms with E-state index in [0.29, 0.717) is 25.7 Å². The van der Waals surface area contributed by atoms with E-state index < -0.39 is 35.8 Å². The lowest BCUT2D eigenvalue weighted by Gasteiger charge is -2.04. The highest BCUT2D eigenvalue weighted by molar-refractivity contribution is 5.80. The summed E-state index contributed by atoms with van der Waals surface area (Å²) in [6.45, 7) is 8.93. The van der Waals surface area contributed by atoms with Crippen LogP contribution in [0.3, 0.4) is 0 Å². The zero-order valence-electron chi connectivity index (χ0n) is 63.9. The van der Waals surface area contributed by atoms with Crippen LogP contribution in [0.1, 0.15) is 477 Å². The van der Waals surface area contributed by atoms with Gasteiger partial charge in [-0.15, -0.1) is 0 Å². The largest absolute Gasteiger partial charge is 0.481 e. The standard InChI is InChI=1S/C26H50O2.C23H44O2.C17H32O4.2C9H18O2/c1-2-3-4-5-6-7-8-9-10-11-12-13-14-15-16-17-18-19-20-21-22-23-24-25-26(27)28;1-2-3-4-5-6-7-8-9-10-11-12-13-14-15-16-17-18-19-20-21-22-23(24)25;18-16(19)14-12-10-8-6-4-2-1-3-5-7-9-11-13-15-17(20)21;2*1-2-3-4-5-6-7-8-9(10)11/h24-25H,2-23H2,1H3,(H,27,28);21-22H,2-20H2,1H3,(H,24,25);1-15H2,(H,18,19)(H,20,21);2*2-8H2,1H3,(H,10,11). The fourth-order valence-electron chi connectivity index (χ4n) is 11.8. The summed E-state index contributed by atoms with van der Waals surface area (Å²) >= 11 is 0. The summed E-state index contributed by atoms with van der Waals surface area (Å²) in [5.41, 5.74) is 0. The van der Waals surface area contributed by atoms with Gasteiger partial charge in [0.2, 0.25) is 0 Å². The number of carboxylic acid groups (broad SMARTS) is 6. The Kier molecular flexibility index (Phi) is 100. The Labute approximate surface area is 593 Å². The van der Waals surface area contributed by atoms with Gasteiger partial charge in [0.1, 0.15) is 0 Å². The molecule has 0 amide bonds. The SMILES string of the molecule is CCCCCCCCC(=O)O.CCCCCCCCC(=O)O.CCCCCCCCCCCCCCCCCCCCC=CC(=O)O.CCCCCCCCCCCCCCCCCCCCCCCC=CC(=O)O.O=C(O)CCCCCCCCCCCCCCCC(=O)O. The molecule has 0 saturated heterocycles. The summed E-state index contributed by atoms with van der Waals surface area (Å²) < 4.78 is 0. The third-order valence-electron chi connectivity index (χ3n) is 18.0. The average Bonchev–Trinajstić information content (AvgIpc) is 3.56. The molecule has 96 heavy (non-hydrogen) atoms. The summed E-state index contributed by atoms with van der Waals surface area (Å²) in [4.78, 5) is 61.5. The van der Waals surface area contributed by atoms with Crippen LogP contribution in [0.4, 0.5) is 0 Å². The van der Waals surface area contributed by atoms with Gasteiger partial charge in [-0.05, 0) is 51.4 Å². The molecule has 0 saturated carbocycles. The van der Waals surface area contributed by atoms with Crippen LogP contribution in [-0.2, 0) is 28.8 Å². The molecule has 6 N–H and O–H groups in total. The summed E-state index contributed by atoms with van der Waals surface area (Å²) in [6.07, 6.45) is 92.4. The van der Waals surface area contributed by atoms with Crippen molar-refractivity contribution in [1.29, 1.82) is 0 Å². The van der Waals surface area contributed by atoms with Crippen molar-refractivity contribution < 1.29 is 59.4 Å². The van der Waals surface area contributed by atoms with E-state index >= 15 is 0 Å². The van der Waals surface area contributed by atoms with Crippen LogP contribution in [-0.4, -0.2) is 66.5 Å². The van der Waals surface area contributed by atoms with Crippen molar-refractivity contribution >= 4 is 35.8 Å². The monoisotopic (exact) mass is 1360 g/mol. The first-order valence-electron chi connectivity index (χ1n) is 41.4. The lowest BCUT2D eigenvalue weighted by atomic mass is 10.0. The second kappa shape index (κ2) is 95.5. The Morgan fingerprint density at radius 3 is 0.406 bits per heavy atom. The lowest BCUT2D eigenvalue weighted by Crippen LogP contribution is -1.93. The first kappa shape index (κ1) is 101. The Morgan fingerprint density at radius 1 is 0.177 bits per heavy atom. The molecule has 0 aromatic heterocycles. The van der Waals surface area contributed by atoms with Crippen molar-refractivity contribution in [2.75, 3.05) is 0 Å². The molecule has 0 aliphatic carbocycles. The number of carboxylic acids is 6. The highest BCUT2D eigenvalue weighted by Crippen LogP contribution is 2.19. The van der Waals surface area contributed by atoms with E-state index in [4.69, 9.17) is 30.6 Å². The predicted molar refractivity (Wildman–Crippen MR) is 410 cm³/mol. The second-order valence-corrected chi connectivity index (χ2v) is 27.8. The van der Waals surface area contributed by atoms with Crippen LogP contribution >= 0.6 is 0 Å². The molecule has 0 aromatic carbocycles. The second-order valence-electron chi connectivity index (χ2n) is 27.8. The highest BCUT2D eigenvalue weighted by atomic mass is 16.4. The first-order chi connectivity index (χ1) is 46.7. The van der Waals surface area contributed by atoms with Crippen molar-refractivity contribution in [2.45, 2.75) is 477 Å². The summed E-state index contributed by atoms with van der Waals surface area (Å²) in [6, 6.07) is 0. The molecule has 0 unspecified atom stereocenters.